The molecule has 0 amide bonds. The van der Waals surface area contributed by atoms with Crippen molar-refractivity contribution >= 4 is 60.2 Å². The van der Waals surface area contributed by atoms with Crippen molar-refractivity contribution in [3.8, 4) is 21.7 Å². The second-order valence-corrected chi connectivity index (χ2v) is 13.5. The van der Waals surface area contributed by atoms with Gasteiger partial charge in [0.1, 0.15) is 5.01 Å². The number of rotatable bonds is 4. The van der Waals surface area contributed by atoms with Crippen LogP contribution in [0.5, 0.6) is 0 Å². The minimum Gasteiger partial charge on any atom is -0.310 e. The molecule has 1 heterocycles. The Kier molecular flexibility index (Phi) is 5.75. The van der Waals surface area contributed by atoms with E-state index in [1.165, 1.54) is 54.1 Å². The fourth-order valence-electron chi connectivity index (χ4n) is 7.07. The van der Waals surface area contributed by atoms with Gasteiger partial charge in [-0.1, -0.05) is 92.7 Å². The molecule has 45 heavy (non-hydrogen) atoms. The van der Waals surface area contributed by atoms with E-state index in [4.69, 9.17) is 4.98 Å². The van der Waals surface area contributed by atoms with E-state index in [2.05, 4.69) is 164 Å². The van der Waals surface area contributed by atoms with E-state index in [1.54, 1.807) is 11.3 Å². The van der Waals surface area contributed by atoms with Gasteiger partial charge < -0.3 is 4.90 Å². The highest BCUT2D eigenvalue weighted by molar-refractivity contribution is 7.21. The van der Waals surface area contributed by atoms with Crippen LogP contribution < -0.4 is 4.90 Å². The van der Waals surface area contributed by atoms with Crippen LogP contribution in [0.1, 0.15) is 25.0 Å². The summed E-state index contributed by atoms with van der Waals surface area (Å²) in [6, 6.07) is 52.8. The smallest absolute Gasteiger partial charge is 0.124 e. The Morgan fingerprint density at radius 2 is 1.13 bits per heavy atom. The van der Waals surface area contributed by atoms with E-state index in [1.807, 2.05) is 0 Å². The topological polar surface area (TPSA) is 16.1 Å². The number of fused-ring (bicyclic) bond motifs is 6. The maximum atomic E-state index is 5.15. The van der Waals surface area contributed by atoms with Gasteiger partial charge in [0.05, 0.1) is 10.2 Å². The average molecular weight is 595 g/mol. The van der Waals surface area contributed by atoms with E-state index in [0.29, 0.717) is 0 Å². The van der Waals surface area contributed by atoms with Gasteiger partial charge in [0.25, 0.3) is 0 Å². The molecule has 1 aliphatic rings. The SMILES string of the molecule is CC1(C)c2cc3cc(N(c4ccccc4)c4ccccc4)ccc3cc2-c2cc3sc(-c4ccc5ccccc5c4)nc3cc21. The molecule has 0 spiro atoms. The van der Waals surface area contributed by atoms with Crippen molar-refractivity contribution in [2.24, 2.45) is 0 Å². The highest BCUT2D eigenvalue weighted by Crippen LogP contribution is 2.52. The molecular formula is C42H30N2S. The first-order valence-electron chi connectivity index (χ1n) is 15.5. The molecule has 8 aromatic rings. The van der Waals surface area contributed by atoms with Crippen LogP contribution in [0.15, 0.2) is 146 Å². The Morgan fingerprint density at radius 1 is 0.511 bits per heavy atom. The lowest BCUT2D eigenvalue weighted by molar-refractivity contribution is 0.662. The average Bonchev–Trinajstić information content (AvgIpc) is 3.59. The maximum Gasteiger partial charge on any atom is 0.124 e. The summed E-state index contributed by atoms with van der Waals surface area (Å²) >= 11 is 1.79. The van der Waals surface area contributed by atoms with Crippen LogP contribution in [0.2, 0.25) is 0 Å². The molecule has 0 aliphatic heterocycles. The molecule has 1 aliphatic carbocycles. The van der Waals surface area contributed by atoms with Crippen LogP contribution in [0.4, 0.5) is 17.1 Å². The number of anilines is 3. The Morgan fingerprint density at radius 3 is 1.89 bits per heavy atom. The fourth-order valence-corrected chi connectivity index (χ4v) is 8.05. The molecule has 0 radical (unpaired) electrons. The maximum absolute atomic E-state index is 5.15. The lowest BCUT2D eigenvalue weighted by Crippen LogP contribution is -2.15. The van der Waals surface area contributed by atoms with E-state index < -0.39 is 0 Å². The van der Waals surface area contributed by atoms with Gasteiger partial charge >= 0.3 is 0 Å². The number of thiazole rings is 1. The minimum atomic E-state index is -0.131. The third-order valence-corrected chi connectivity index (χ3v) is 10.5. The monoisotopic (exact) mass is 594 g/mol. The van der Waals surface area contributed by atoms with Gasteiger partial charge in [-0.25, -0.2) is 4.98 Å². The zero-order valence-electron chi connectivity index (χ0n) is 25.2. The first-order valence-corrected chi connectivity index (χ1v) is 16.3. The second-order valence-electron chi connectivity index (χ2n) is 12.5. The molecule has 0 saturated heterocycles. The number of aromatic nitrogens is 1. The van der Waals surface area contributed by atoms with Gasteiger partial charge in [0.15, 0.2) is 0 Å². The molecule has 214 valence electrons. The van der Waals surface area contributed by atoms with E-state index in [9.17, 15) is 0 Å². The molecule has 0 fully saturated rings. The summed E-state index contributed by atoms with van der Waals surface area (Å²) in [7, 11) is 0. The summed E-state index contributed by atoms with van der Waals surface area (Å²) in [4.78, 5) is 7.49. The Bertz CT molecular complexity index is 2360. The van der Waals surface area contributed by atoms with Crippen molar-refractivity contribution in [3.63, 3.8) is 0 Å². The summed E-state index contributed by atoms with van der Waals surface area (Å²) in [5, 5.41) is 6.08. The Balaban J connectivity index is 1.15. The number of hydrogen-bond acceptors (Lipinski definition) is 3. The van der Waals surface area contributed by atoms with Gasteiger partial charge in [-0.05, 0) is 111 Å². The van der Waals surface area contributed by atoms with E-state index in [-0.39, 0.29) is 5.41 Å². The Hall–Kier alpha value is -5.25. The van der Waals surface area contributed by atoms with Crippen LogP contribution in [0.3, 0.4) is 0 Å². The number of nitrogens with zero attached hydrogens (tertiary/aromatic N) is 2. The van der Waals surface area contributed by atoms with Crippen LogP contribution in [0, 0.1) is 0 Å². The summed E-state index contributed by atoms with van der Waals surface area (Å²) in [5.41, 5.74) is 11.0. The van der Waals surface area contributed by atoms with Gasteiger partial charge in [-0.15, -0.1) is 11.3 Å². The van der Waals surface area contributed by atoms with Gasteiger partial charge in [-0.2, -0.15) is 0 Å². The largest absolute Gasteiger partial charge is 0.310 e. The molecule has 0 atom stereocenters. The van der Waals surface area contributed by atoms with Crippen molar-refractivity contribution in [1.82, 2.24) is 4.98 Å². The van der Waals surface area contributed by atoms with E-state index >= 15 is 0 Å². The van der Waals surface area contributed by atoms with Gasteiger partial charge in [0, 0.05) is 28.0 Å². The molecule has 2 nitrogen and oxygen atoms in total. The lowest BCUT2D eigenvalue weighted by Gasteiger charge is -2.26. The molecule has 0 N–H and O–H groups in total. The summed E-state index contributed by atoms with van der Waals surface area (Å²) in [6.07, 6.45) is 0. The zero-order valence-corrected chi connectivity index (χ0v) is 26.0. The second kappa shape index (κ2) is 9.88. The first-order chi connectivity index (χ1) is 22.0. The normalized spacial score (nSPS) is 13.3. The van der Waals surface area contributed by atoms with Gasteiger partial charge in [0.2, 0.25) is 0 Å². The molecule has 0 unspecified atom stereocenters. The van der Waals surface area contributed by atoms with Crippen molar-refractivity contribution in [3.05, 3.63) is 157 Å². The summed E-state index contributed by atoms with van der Waals surface area (Å²) in [6.45, 7) is 4.71. The van der Waals surface area contributed by atoms with Crippen molar-refractivity contribution < 1.29 is 0 Å². The van der Waals surface area contributed by atoms with Crippen LogP contribution in [-0.4, -0.2) is 4.98 Å². The summed E-state index contributed by atoms with van der Waals surface area (Å²) in [5.74, 6) is 0. The van der Waals surface area contributed by atoms with Gasteiger partial charge in [-0.3, -0.25) is 0 Å². The zero-order chi connectivity index (χ0) is 30.1. The number of para-hydroxylation sites is 2. The standard InChI is InChI=1S/C42H30N2S/c1-42(2)37-24-31-22-34(44(32-13-5-3-6-14-32)33-15-7-4-8-16-33)20-19-29(31)23-35(37)36-25-40-39(26-38(36)42)43-41(45-40)30-18-17-27-11-9-10-12-28(27)21-30/h3-26H,1-2H3. The van der Waals surface area contributed by atoms with Crippen LogP contribution >= 0.6 is 11.3 Å². The third-order valence-electron chi connectivity index (χ3n) is 9.41. The molecule has 1 aromatic heterocycles. The highest BCUT2D eigenvalue weighted by Gasteiger charge is 2.36. The quantitative estimate of drug-likeness (QED) is 0.201. The lowest BCUT2D eigenvalue weighted by atomic mass is 9.82. The molecule has 0 saturated carbocycles. The summed E-state index contributed by atoms with van der Waals surface area (Å²) < 4.78 is 1.23. The molecule has 7 aromatic carbocycles. The first kappa shape index (κ1) is 26.2. The predicted octanol–water partition coefficient (Wildman–Crippen LogP) is 12.0. The minimum absolute atomic E-state index is 0.131. The fraction of sp³-hybridized carbons (Fsp3) is 0.0714. The van der Waals surface area contributed by atoms with E-state index in [0.717, 1.165) is 27.6 Å². The van der Waals surface area contributed by atoms with Crippen LogP contribution in [0.25, 0.3) is 53.5 Å². The molecule has 0 bridgehead atoms. The van der Waals surface area contributed by atoms with Crippen molar-refractivity contribution in [2.75, 3.05) is 4.90 Å². The molecule has 3 heteroatoms. The Labute approximate surface area is 266 Å². The highest BCUT2D eigenvalue weighted by atomic mass is 32.1. The van der Waals surface area contributed by atoms with Crippen LogP contribution in [-0.2, 0) is 5.41 Å². The van der Waals surface area contributed by atoms with Crippen molar-refractivity contribution in [1.29, 1.82) is 0 Å². The predicted molar refractivity (Wildman–Crippen MR) is 192 cm³/mol. The number of hydrogen-bond donors (Lipinski definition) is 0. The molecular weight excluding hydrogens is 565 g/mol. The third kappa shape index (κ3) is 4.19. The molecule has 9 rings (SSSR count). The van der Waals surface area contributed by atoms with Crippen molar-refractivity contribution in [2.45, 2.75) is 19.3 Å². The number of benzene rings is 7.